The number of nitrogens with two attached hydrogens (primary N) is 1. The average Bonchev–Trinajstić information content (AvgIpc) is 2.56. The second kappa shape index (κ2) is 5.95. The fourth-order valence-electron chi connectivity index (χ4n) is 2.84. The molecular formula is C16H15F3N2O3. The number of alkyl halides is 3. The third kappa shape index (κ3) is 2.90. The van der Waals surface area contributed by atoms with Gasteiger partial charge in [-0.3, -0.25) is 4.98 Å². The SMILES string of the molecule is NCC1OC(c2ccnc(C(F)(F)F)c2)Cc2c1ccc(O)c2O. The highest BCUT2D eigenvalue weighted by Gasteiger charge is 2.35. The molecule has 1 aliphatic heterocycles. The van der Waals surface area contributed by atoms with Crippen LogP contribution in [0.25, 0.3) is 0 Å². The maximum Gasteiger partial charge on any atom is 0.433 e. The fourth-order valence-corrected chi connectivity index (χ4v) is 2.84. The van der Waals surface area contributed by atoms with Gasteiger partial charge in [-0.2, -0.15) is 13.2 Å². The molecule has 1 aliphatic rings. The highest BCUT2D eigenvalue weighted by atomic mass is 19.4. The van der Waals surface area contributed by atoms with Crippen LogP contribution in [0.3, 0.4) is 0 Å². The van der Waals surface area contributed by atoms with Crippen LogP contribution in [0.4, 0.5) is 13.2 Å². The van der Waals surface area contributed by atoms with Crippen LogP contribution in [0.5, 0.6) is 11.5 Å². The zero-order chi connectivity index (χ0) is 17.5. The number of aromatic nitrogens is 1. The Morgan fingerprint density at radius 1 is 1.25 bits per heavy atom. The molecule has 0 radical (unpaired) electrons. The van der Waals surface area contributed by atoms with Crippen molar-refractivity contribution in [2.75, 3.05) is 6.54 Å². The number of ether oxygens (including phenoxy) is 1. The molecule has 2 atom stereocenters. The van der Waals surface area contributed by atoms with Gasteiger partial charge in [0.1, 0.15) is 5.69 Å². The first kappa shape index (κ1) is 16.5. The number of hydrogen-bond donors (Lipinski definition) is 3. The van der Waals surface area contributed by atoms with Crippen molar-refractivity contribution in [3.05, 3.63) is 52.8 Å². The fraction of sp³-hybridized carbons (Fsp3) is 0.312. The lowest BCUT2D eigenvalue weighted by atomic mass is 9.90. The van der Waals surface area contributed by atoms with Crippen molar-refractivity contribution >= 4 is 0 Å². The van der Waals surface area contributed by atoms with E-state index in [-0.39, 0.29) is 30.0 Å². The summed E-state index contributed by atoms with van der Waals surface area (Å²) in [5.74, 6) is -0.597. The lowest BCUT2D eigenvalue weighted by molar-refractivity contribution is -0.141. The number of rotatable bonds is 2. The van der Waals surface area contributed by atoms with E-state index in [9.17, 15) is 23.4 Å². The highest BCUT2D eigenvalue weighted by molar-refractivity contribution is 5.51. The first-order chi connectivity index (χ1) is 11.3. The molecule has 3 rings (SSSR count). The van der Waals surface area contributed by atoms with Crippen LogP contribution in [0, 0.1) is 0 Å². The average molecular weight is 340 g/mol. The van der Waals surface area contributed by atoms with Gasteiger partial charge in [-0.1, -0.05) is 6.07 Å². The molecule has 0 aliphatic carbocycles. The lowest BCUT2D eigenvalue weighted by Gasteiger charge is -2.32. The standard InChI is InChI=1S/C16H15F3N2O3/c17-16(18,19)14-5-8(3-4-21-14)12-6-10-9(13(7-20)24-12)1-2-11(22)15(10)23/h1-5,12-13,22-23H,6-7,20H2. The minimum absolute atomic E-state index is 0.0882. The summed E-state index contributed by atoms with van der Waals surface area (Å²) in [6.07, 6.45) is -4.70. The molecule has 0 saturated carbocycles. The summed E-state index contributed by atoms with van der Waals surface area (Å²) in [6.45, 7) is 0.0882. The number of fused-ring (bicyclic) bond motifs is 1. The number of halogens is 3. The van der Waals surface area contributed by atoms with E-state index in [1.165, 1.54) is 12.1 Å². The van der Waals surface area contributed by atoms with Crippen molar-refractivity contribution in [1.29, 1.82) is 0 Å². The first-order valence-corrected chi connectivity index (χ1v) is 7.23. The Hall–Kier alpha value is -2.32. The Bertz CT molecular complexity index is 765. The second-order valence-corrected chi connectivity index (χ2v) is 5.53. The van der Waals surface area contributed by atoms with Crippen LogP contribution >= 0.6 is 0 Å². The largest absolute Gasteiger partial charge is 0.504 e. The topological polar surface area (TPSA) is 88.6 Å². The number of pyridine rings is 1. The van der Waals surface area contributed by atoms with E-state index in [1.807, 2.05) is 0 Å². The zero-order valence-electron chi connectivity index (χ0n) is 12.4. The summed E-state index contributed by atoms with van der Waals surface area (Å²) in [5.41, 5.74) is 5.99. The number of phenolic OH excluding ortho intramolecular Hbond substituents is 2. The molecule has 1 aromatic heterocycles. The molecule has 24 heavy (non-hydrogen) atoms. The Morgan fingerprint density at radius 2 is 2.00 bits per heavy atom. The summed E-state index contributed by atoms with van der Waals surface area (Å²) in [6, 6.07) is 5.27. The third-order valence-electron chi connectivity index (χ3n) is 4.02. The molecule has 0 saturated heterocycles. The normalized spacial score (nSPS) is 20.7. The van der Waals surface area contributed by atoms with Gasteiger partial charge in [0.15, 0.2) is 11.5 Å². The van der Waals surface area contributed by atoms with Gasteiger partial charge in [-0.05, 0) is 29.3 Å². The molecule has 5 nitrogen and oxygen atoms in total. The summed E-state index contributed by atoms with van der Waals surface area (Å²) < 4.78 is 44.3. The molecule has 4 N–H and O–H groups in total. The van der Waals surface area contributed by atoms with Gasteiger partial charge < -0.3 is 20.7 Å². The molecule has 2 unspecified atom stereocenters. The predicted molar refractivity (Wildman–Crippen MR) is 78.3 cm³/mol. The second-order valence-electron chi connectivity index (χ2n) is 5.53. The summed E-state index contributed by atoms with van der Waals surface area (Å²) >= 11 is 0. The Labute approximate surface area is 135 Å². The maximum absolute atomic E-state index is 12.8. The molecular weight excluding hydrogens is 325 g/mol. The number of hydrogen-bond acceptors (Lipinski definition) is 5. The summed E-state index contributed by atoms with van der Waals surface area (Å²) in [5, 5.41) is 19.7. The van der Waals surface area contributed by atoms with Crippen LogP contribution < -0.4 is 5.73 Å². The quantitative estimate of drug-likeness (QED) is 0.732. The Kier molecular flexibility index (Phi) is 4.10. The monoisotopic (exact) mass is 340 g/mol. The molecule has 8 heteroatoms. The van der Waals surface area contributed by atoms with E-state index in [1.54, 1.807) is 6.07 Å². The highest BCUT2D eigenvalue weighted by Crippen LogP contribution is 2.44. The van der Waals surface area contributed by atoms with Crippen molar-refractivity contribution in [2.24, 2.45) is 5.73 Å². The minimum Gasteiger partial charge on any atom is -0.504 e. The van der Waals surface area contributed by atoms with Crippen molar-refractivity contribution in [2.45, 2.75) is 24.8 Å². The first-order valence-electron chi connectivity index (χ1n) is 7.23. The van der Waals surface area contributed by atoms with Gasteiger partial charge in [0.25, 0.3) is 0 Å². The van der Waals surface area contributed by atoms with E-state index in [0.29, 0.717) is 11.1 Å². The van der Waals surface area contributed by atoms with Gasteiger partial charge in [0.2, 0.25) is 0 Å². The van der Waals surface area contributed by atoms with Gasteiger partial charge in [0, 0.05) is 24.7 Å². The molecule has 0 amide bonds. The van der Waals surface area contributed by atoms with E-state index in [2.05, 4.69) is 4.98 Å². The Balaban J connectivity index is 2.01. The maximum atomic E-state index is 12.8. The van der Waals surface area contributed by atoms with Crippen LogP contribution in [0.15, 0.2) is 30.5 Å². The zero-order valence-corrected chi connectivity index (χ0v) is 12.4. The lowest BCUT2D eigenvalue weighted by Crippen LogP contribution is -2.26. The third-order valence-corrected chi connectivity index (χ3v) is 4.02. The van der Waals surface area contributed by atoms with Crippen LogP contribution in [0.2, 0.25) is 0 Å². The van der Waals surface area contributed by atoms with E-state index in [4.69, 9.17) is 10.5 Å². The predicted octanol–water partition coefficient (Wildman–Crippen LogP) is 2.83. The minimum atomic E-state index is -4.56. The molecule has 128 valence electrons. The number of phenols is 2. The van der Waals surface area contributed by atoms with E-state index in [0.717, 1.165) is 12.3 Å². The molecule has 0 fully saturated rings. The van der Waals surface area contributed by atoms with Gasteiger partial charge >= 0.3 is 6.18 Å². The summed E-state index contributed by atoms with van der Waals surface area (Å²) in [4.78, 5) is 3.33. The van der Waals surface area contributed by atoms with Crippen LogP contribution in [-0.4, -0.2) is 21.7 Å². The number of aromatic hydroxyl groups is 2. The number of nitrogens with zero attached hydrogens (tertiary/aromatic N) is 1. The molecule has 1 aromatic carbocycles. The van der Waals surface area contributed by atoms with Crippen LogP contribution in [0.1, 0.15) is 34.6 Å². The van der Waals surface area contributed by atoms with Crippen molar-refractivity contribution in [1.82, 2.24) is 4.98 Å². The van der Waals surface area contributed by atoms with E-state index >= 15 is 0 Å². The summed E-state index contributed by atoms with van der Waals surface area (Å²) in [7, 11) is 0. The van der Waals surface area contributed by atoms with Crippen LogP contribution in [-0.2, 0) is 17.3 Å². The molecule has 2 heterocycles. The van der Waals surface area contributed by atoms with Crippen molar-refractivity contribution in [3.63, 3.8) is 0 Å². The number of benzene rings is 1. The van der Waals surface area contributed by atoms with Gasteiger partial charge in [0.05, 0.1) is 12.2 Å². The molecule has 2 aromatic rings. The Morgan fingerprint density at radius 3 is 2.67 bits per heavy atom. The smallest absolute Gasteiger partial charge is 0.433 e. The molecule has 0 spiro atoms. The van der Waals surface area contributed by atoms with Crippen molar-refractivity contribution in [3.8, 4) is 11.5 Å². The van der Waals surface area contributed by atoms with Crippen molar-refractivity contribution < 1.29 is 28.1 Å². The van der Waals surface area contributed by atoms with Gasteiger partial charge in [-0.15, -0.1) is 0 Å². The van der Waals surface area contributed by atoms with Gasteiger partial charge in [-0.25, -0.2) is 0 Å². The molecule has 0 bridgehead atoms. The van der Waals surface area contributed by atoms with E-state index < -0.39 is 24.1 Å².